The first-order chi connectivity index (χ1) is 7.99. The Hall–Kier alpha value is -1.29. The van der Waals surface area contributed by atoms with Gasteiger partial charge >= 0.3 is 0 Å². The Labute approximate surface area is 105 Å². The molecule has 0 radical (unpaired) electrons. The molecule has 0 aromatic heterocycles. The van der Waals surface area contributed by atoms with Crippen molar-refractivity contribution in [2.75, 3.05) is 0 Å². The second kappa shape index (κ2) is 4.53. The molecule has 0 spiro atoms. The summed E-state index contributed by atoms with van der Waals surface area (Å²) in [4.78, 5) is 0. The standard InChI is InChI=1S/C13H8BrF3/c1-7-2-3-11(16)9(4-7)13-10(14)5-8(15)6-12(13)17/h2-6H,1H3. The van der Waals surface area contributed by atoms with Gasteiger partial charge in [0.2, 0.25) is 0 Å². The third-order valence-electron chi connectivity index (χ3n) is 2.40. The lowest BCUT2D eigenvalue weighted by Crippen LogP contribution is -1.92. The minimum atomic E-state index is -0.790. The average molecular weight is 301 g/mol. The Balaban J connectivity index is 2.72. The topological polar surface area (TPSA) is 0 Å². The summed E-state index contributed by atoms with van der Waals surface area (Å²) in [6, 6.07) is 6.23. The molecule has 0 aliphatic rings. The second-order valence-electron chi connectivity index (χ2n) is 3.73. The molecule has 0 saturated heterocycles. The lowest BCUT2D eigenvalue weighted by Gasteiger charge is -2.09. The van der Waals surface area contributed by atoms with Crippen LogP contribution in [0, 0.1) is 24.4 Å². The molecule has 0 fully saturated rings. The molecule has 2 rings (SSSR count). The zero-order valence-electron chi connectivity index (χ0n) is 8.90. The number of halogens is 4. The Bertz CT molecular complexity index is 556. The molecular weight excluding hydrogens is 293 g/mol. The molecule has 2 aromatic rings. The molecular formula is C13H8BrF3. The maximum Gasteiger partial charge on any atom is 0.135 e. The first kappa shape index (κ1) is 12.2. The van der Waals surface area contributed by atoms with Crippen LogP contribution >= 0.6 is 15.9 Å². The fourth-order valence-corrected chi connectivity index (χ4v) is 2.25. The van der Waals surface area contributed by atoms with Crippen LogP contribution in [-0.4, -0.2) is 0 Å². The van der Waals surface area contributed by atoms with Gasteiger partial charge in [0, 0.05) is 21.7 Å². The average Bonchev–Trinajstić information content (AvgIpc) is 2.21. The van der Waals surface area contributed by atoms with Crippen molar-refractivity contribution in [2.45, 2.75) is 6.92 Å². The molecule has 0 unspecified atom stereocenters. The van der Waals surface area contributed by atoms with Gasteiger partial charge < -0.3 is 0 Å². The predicted octanol–water partition coefficient (Wildman–Crippen LogP) is 4.84. The molecule has 0 aliphatic heterocycles. The smallest absolute Gasteiger partial charge is 0.135 e. The van der Waals surface area contributed by atoms with E-state index in [1.165, 1.54) is 12.1 Å². The molecule has 0 saturated carbocycles. The maximum atomic E-state index is 13.7. The van der Waals surface area contributed by atoms with Gasteiger partial charge in [-0.3, -0.25) is 0 Å². The molecule has 88 valence electrons. The van der Waals surface area contributed by atoms with Crippen LogP contribution < -0.4 is 0 Å². The van der Waals surface area contributed by atoms with E-state index in [0.717, 1.165) is 17.7 Å². The second-order valence-corrected chi connectivity index (χ2v) is 4.58. The van der Waals surface area contributed by atoms with E-state index in [2.05, 4.69) is 15.9 Å². The SMILES string of the molecule is Cc1ccc(F)c(-c2c(F)cc(F)cc2Br)c1. The van der Waals surface area contributed by atoms with Crippen molar-refractivity contribution in [3.8, 4) is 11.1 Å². The van der Waals surface area contributed by atoms with Gasteiger partial charge in [-0.15, -0.1) is 0 Å². The van der Waals surface area contributed by atoms with E-state index < -0.39 is 17.5 Å². The van der Waals surface area contributed by atoms with Gasteiger partial charge in [-0.25, -0.2) is 13.2 Å². The van der Waals surface area contributed by atoms with Crippen LogP contribution in [0.15, 0.2) is 34.8 Å². The summed E-state index contributed by atoms with van der Waals surface area (Å²) in [6.45, 7) is 1.78. The van der Waals surface area contributed by atoms with Gasteiger partial charge in [0.05, 0.1) is 0 Å². The van der Waals surface area contributed by atoms with Gasteiger partial charge in [-0.1, -0.05) is 11.6 Å². The first-order valence-corrected chi connectivity index (χ1v) is 5.69. The van der Waals surface area contributed by atoms with E-state index in [1.54, 1.807) is 13.0 Å². The summed E-state index contributed by atoms with van der Waals surface area (Å²) in [5, 5.41) is 0. The highest BCUT2D eigenvalue weighted by molar-refractivity contribution is 9.10. The van der Waals surface area contributed by atoms with Crippen LogP contribution in [0.1, 0.15) is 5.56 Å². The quantitative estimate of drug-likeness (QED) is 0.707. The summed E-state index contributed by atoms with van der Waals surface area (Å²) in [5.74, 6) is -2.03. The van der Waals surface area contributed by atoms with Crippen molar-refractivity contribution >= 4 is 15.9 Å². The third-order valence-corrected chi connectivity index (χ3v) is 3.02. The van der Waals surface area contributed by atoms with Crippen LogP contribution in [0.5, 0.6) is 0 Å². The lowest BCUT2D eigenvalue weighted by atomic mass is 10.0. The van der Waals surface area contributed by atoms with Crippen molar-refractivity contribution < 1.29 is 13.2 Å². The zero-order chi connectivity index (χ0) is 12.6. The van der Waals surface area contributed by atoms with Gasteiger partial charge in [-0.05, 0) is 41.1 Å². The summed E-state index contributed by atoms with van der Waals surface area (Å²) >= 11 is 3.05. The largest absolute Gasteiger partial charge is 0.207 e. The number of benzene rings is 2. The van der Waals surface area contributed by atoms with Crippen molar-refractivity contribution in [1.29, 1.82) is 0 Å². The molecule has 0 nitrogen and oxygen atoms in total. The van der Waals surface area contributed by atoms with E-state index in [1.807, 2.05) is 0 Å². The molecule has 2 aromatic carbocycles. The van der Waals surface area contributed by atoms with Crippen molar-refractivity contribution in [2.24, 2.45) is 0 Å². The minimum Gasteiger partial charge on any atom is -0.207 e. The minimum absolute atomic E-state index is 0.0348. The van der Waals surface area contributed by atoms with E-state index in [-0.39, 0.29) is 15.6 Å². The normalized spacial score (nSPS) is 10.6. The highest BCUT2D eigenvalue weighted by atomic mass is 79.9. The molecule has 17 heavy (non-hydrogen) atoms. The molecule has 0 heterocycles. The van der Waals surface area contributed by atoms with Crippen LogP contribution in [0.4, 0.5) is 13.2 Å². The number of hydrogen-bond donors (Lipinski definition) is 0. The molecule has 0 N–H and O–H groups in total. The van der Waals surface area contributed by atoms with Crippen LogP contribution in [0.2, 0.25) is 0 Å². The van der Waals surface area contributed by atoms with Crippen molar-refractivity contribution in [1.82, 2.24) is 0 Å². The maximum absolute atomic E-state index is 13.7. The molecule has 4 heteroatoms. The Morgan fingerprint density at radius 2 is 1.65 bits per heavy atom. The van der Waals surface area contributed by atoms with Gasteiger partial charge in [0.1, 0.15) is 17.5 Å². The van der Waals surface area contributed by atoms with E-state index in [9.17, 15) is 13.2 Å². The fourth-order valence-electron chi connectivity index (χ4n) is 1.63. The van der Waals surface area contributed by atoms with Crippen molar-refractivity contribution in [3.63, 3.8) is 0 Å². The Kier molecular flexibility index (Phi) is 3.24. The lowest BCUT2D eigenvalue weighted by molar-refractivity contribution is 0.581. The summed E-state index contributed by atoms with van der Waals surface area (Å²) in [6.07, 6.45) is 0. The van der Waals surface area contributed by atoms with Gasteiger partial charge in [0.25, 0.3) is 0 Å². The molecule has 0 bridgehead atoms. The van der Waals surface area contributed by atoms with Crippen LogP contribution in [-0.2, 0) is 0 Å². The van der Waals surface area contributed by atoms with E-state index in [4.69, 9.17) is 0 Å². The zero-order valence-corrected chi connectivity index (χ0v) is 10.5. The van der Waals surface area contributed by atoms with E-state index in [0.29, 0.717) is 0 Å². The first-order valence-electron chi connectivity index (χ1n) is 4.90. The number of rotatable bonds is 1. The molecule has 0 aliphatic carbocycles. The van der Waals surface area contributed by atoms with Crippen molar-refractivity contribution in [3.05, 3.63) is 57.8 Å². The monoisotopic (exact) mass is 300 g/mol. The highest BCUT2D eigenvalue weighted by Gasteiger charge is 2.15. The third kappa shape index (κ3) is 2.36. The Morgan fingerprint density at radius 3 is 2.29 bits per heavy atom. The molecule has 0 amide bonds. The molecule has 0 atom stereocenters. The summed E-state index contributed by atoms with van der Waals surface area (Å²) in [7, 11) is 0. The highest BCUT2D eigenvalue weighted by Crippen LogP contribution is 2.33. The summed E-state index contributed by atoms with van der Waals surface area (Å²) in [5.41, 5.74) is 0.957. The van der Waals surface area contributed by atoms with Gasteiger partial charge in [-0.2, -0.15) is 0 Å². The number of hydrogen-bond acceptors (Lipinski definition) is 0. The summed E-state index contributed by atoms with van der Waals surface area (Å²) < 4.78 is 40.4. The Morgan fingerprint density at radius 1 is 0.941 bits per heavy atom. The van der Waals surface area contributed by atoms with E-state index >= 15 is 0 Å². The fraction of sp³-hybridized carbons (Fsp3) is 0.0769. The van der Waals surface area contributed by atoms with Gasteiger partial charge in [0.15, 0.2) is 0 Å². The van der Waals surface area contributed by atoms with Crippen LogP contribution in [0.3, 0.4) is 0 Å². The number of aryl methyl sites for hydroxylation is 1. The van der Waals surface area contributed by atoms with Crippen LogP contribution in [0.25, 0.3) is 11.1 Å². The predicted molar refractivity (Wildman–Crippen MR) is 64.2 cm³/mol.